The maximum absolute atomic E-state index is 4.27. The lowest BCUT2D eigenvalue weighted by Gasteiger charge is -2.19. The van der Waals surface area contributed by atoms with Crippen molar-refractivity contribution in [2.24, 2.45) is 0 Å². The molecule has 0 unspecified atom stereocenters. The minimum absolute atomic E-state index is 0.651. The highest BCUT2D eigenvalue weighted by atomic mass is 32.1. The van der Waals surface area contributed by atoms with Gasteiger partial charge < -0.3 is 4.90 Å². The minimum Gasteiger partial charge on any atom is -0.354 e. The maximum Gasteiger partial charge on any atom is 0.0618 e. The van der Waals surface area contributed by atoms with Crippen molar-refractivity contribution >= 4 is 30.9 Å². The van der Waals surface area contributed by atoms with E-state index in [0.29, 0.717) is 11.8 Å². The fourth-order valence-electron chi connectivity index (χ4n) is 1.63. The number of anilines is 1. The van der Waals surface area contributed by atoms with Crippen LogP contribution < -0.4 is 4.90 Å². The van der Waals surface area contributed by atoms with E-state index < -0.39 is 0 Å². The van der Waals surface area contributed by atoms with Crippen LogP contribution in [0.2, 0.25) is 0 Å². The van der Waals surface area contributed by atoms with Gasteiger partial charge in [0.2, 0.25) is 0 Å². The van der Waals surface area contributed by atoms with Crippen LogP contribution in [0.3, 0.4) is 0 Å². The van der Waals surface area contributed by atoms with E-state index in [2.05, 4.69) is 42.0 Å². The molecule has 3 heteroatoms. The number of thiol groups is 2. The van der Waals surface area contributed by atoms with Gasteiger partial charge in [-0.25, -0.2) is 0 Å². The molecule has 2 aromatic rings. The summed E-state index contributed by atoms with van der Waals surface area (Å²) in [7, 11) is 0. The zero-order valence-corrected chi connectivity index (χ0v) is 12.2. The van der Waals surface area contributed by atoms with Gasteiger partial charge in [-0.3, -0.25) is 0 Å². The van der Waals surface area contributed by atoms with E-state index >= 15 is 0 Å². The smallest absolute Gasteiger partial charge is 0.0618 e. The summed E-state index contributed by atoms with van der Waals surface area (Å²) in [5.41, 5.74) is 3.14. The van der Waals surface area contributed by atoms with E-state index in [4.69, 9.17) is 0 Å². The van der Waals surface area contributed by atoms with Crippen LogP contribution in [0.1, 0.15) is 11.1 Å². The minimum atomic E-state index is 0.651. The number of hydrogen-bond acceptors (Lipinski definition) is 3. The van der Waals surface area contributed by atoms with Crippen molar-refractivity contribution in [3.8, 4) is 11.8 Å². The number of benzene rings is 2. The monoisotopic (exact) mass is 285 g/mol. The Hall–Kier alpha value is -1.50. The third-order valence-corrected chi connectivity index (χ3v) is 3.38. The van der Waals surface area contributed by atoms with Gasteiger partial charge in [0.15, 0.2) is 0 Å². The van der Waals surface area contributed by atoms with Gasteiger partial charge >= 0.3 is 0 Å². The molecule has 0 aliphatic heterocycles. The van der Waals surface area contributed by atoms with Gasteiger partial charge in [-0.1, -0.05) is 30.0 Å². The van der Waals surface area contributed by atoms with Crippen molar-refractivity contribution in [1.29, 1.82) is 0 Å². The summed E-state index contributed by atoms with van der Waals surface area (Å²) in [4.78, 5) is 2.06. The Morgan fingerprint density at radius 3 is 1.79 bits per heavy atom. The lowest BCUT2D eigenvalue weighted by Crippen LogP contribution is -2.18. The second-order valence-corrected chi connectivity index (χ2v) is 4.55. The van der Waals surface area contributed by atoms with Crippen LogP contribution in [0.25, 0.3) is 0 Å². The molecule has 0 radical (unpaired) electrons. The Kier molecular flexibility index (Phi) is 5.26. The molecule has 96 valence electrons. The van der Waals surface area contributed by atoms with Gasteiger partial charge in [0.25, 0.3) is 0 Å². The summed E-state index contributed by atoms with van der Waals surface area (Å²) in [5, 5.41) is 0. The van der Waals surface area contributed by atoms with Crippen molar-refractivity contribution in [2.75, 3.05) is 16.7 Å². The van der Waals surface area contributed by atoms with Gasteiger partial charge in [0.05, 0.1) is 11.8 Å². The molecule has 1 nitrogen and oxygen atoms in total. The molecular weight excluding hydrogens is 270 g/mol. The van der Waals surface area contributed by atoms with Gasteiger partial charge in [-0.05, 0) is 36.4 Å². The highest BCUT2D eigenvalue weighted by molar-refractivity contribution is 7.81. The normalized spacial score (nSPS) is 9.58. The highest BCUT2D eigenvalue weighted by Crippen LogP contribution is 2.15. The van der Waals surface area contributed by atoms with Crippen LogP contribution >= 0.6 is 25.3 Å². The Morgan fingerprint density at radius 1 is 0.737 bits per heavy atom. The van der Waals surface area contributed by atoms with E-state index in [1.54, 1.807) is 0 Å². The Balaban J connectivity index is 2.14. The van der Waals surface area contributed by atoms with Crippen molar-refractivity contribution in [3.05, 3.63) is 65.7 Å². The van der Waals surface area contributed by atoms with E-state index in [1.807, 2.05) is 54.6 Å². The van der Waals surface area contributed by atoms with Crippen molar-refractivity contribution in [3.63, 3.8) is 0 Å². The molecule has 0 bridgehead atoms. The molecular formula is C16H15NS2. The predicted molar refractivity (Wildman–Crippen MR) is 89.0 cm³/mol. The second kappa shape index (κ2) is 7.18. The molecule has 0 aliphatic rings. The summed E-state index contributed by atoms with van der Waals surface area (Å²) in [6.07, 6.45) is 0. The van der Waals surface area contributed by atoms with E-state index in [9.17, 15) is 0 Å². The molecule has 0 atom stereocenters. The molecule has 0 amide bonds. The molecule has 2 aromatic carbocycles. The van der Waals surface area contributed by atoms with Crippen molar-refractivity contribution < 1.29 is 0 Å². The molecule has 0 spiro atoms. The first-order valence-corrected chi connectivity index (χ1v) is 7.24. The summed E-state index contributed by atoms with van der Waals surface area (Å²) in [6, 6.07) is 18.1. The highest BCUT2D eigenvalue weighted by Gasteiger charge is 2.00. The third kappa shape index (κ3) is 3.99. The van der Waals surface area contributed by atoms with Gasteiger partial charge in [-0.15, -0.1) is 0 Å². The summed E-state index contributed by atoms with van der Waals surface area (Å²) in [6.45, 7) is 0. The molecule has 0 saturated carbocycles. The van der Waals surface area contributed by atoms with Gasteiger partial charge in [0, 0.05) is 16.8 Å². The number of rotatable bonds is 3. The van der Waals surface area contributed by atoms with Crippen molar-refractivity contribution in [2.45, 2.75) is 0 Å². The molecule has 0 aromatic heterocycles. The van der Waals surface area contributed by atoms with Crippen LogP contribution in [0, 0.1) is 11.8 Å². The number of hydrogen-bond donors (Lipinski definition) is 2. The first-order valence-electron chi connectivity index (χ1n) is 5.97. The van der Waals surface area contributed by atoms with Gasteiger partial charge in [-0.2, -0.15) is 25.3 Å². The lowest BCUT2D eigenvalue weighted by atomic mass is 10.1. The molecule has 0 N–H and O–H groups in total. The fraction of sp³-hybridized carbons (Fsp3) is 0.125. The zero-order chi connectivity index (χ0) is 13.5. The average Bonchev–Trinajstić information content (AvgIpc) is 2.49. The second-order valence-electron chi connectivity index (χ2n) is 3.99. The Morgan fingerprint density at radius 2 is 1.26 bits per heavy atom. The third-order valence-electron chi connectivity index (χ3n) is 2.70. The zero-order valence-electron chi connectivity index (χ0n) is 10.5. The van der Waals surface area contributed by atoms with E-state index in [1.165, 1.54) is 0 Å². The molecule has 0 saturated heterocycles. The van der Waals surface area contributed by atoms with Crippen molar-refractivity contribution in [1.82, 2.24) is 0 Å². The largest absolute Gasteiger partial charge is 0.354 e. The quantitative estimate of drug-likeness (QED) is 0.494. The molecule has 2 rings (SSSR count). The van der Waals surface area contributed by atoms with Crippen LogP contribution in [0.5, 0.6) is 0 Å². The van der Waals surface area contributed by atoms with Crippen LogP contribution in [-0.2, 0) is 0 Å². The topological polar surface area (TPSA) is 3.24 Å². The summed E-state index contributed by atoms with van der Waals surface area (Å²) in [5.74, 6) is 7.60. The Labute approximate surface area is 125 Å². The molecule has 0 fully saturated rings. The molecule has 0 aliphatic carbocycles. The van der Waals surface area contributed by atoms with Crippen LogP contribution in [0.4, 0.5) is 5.69 Å². The Bertz CT molecular complexity index is 563. The lowest BCUT2D eigenvalue weighted by molar-refractivity contribution is 1.07. The summed E-state index contributed by atoms with van der Waals surface area (Å²) < 4.78 is 0. The average molecular weight is 285 g/mol. The standard InChI is InChI=1S/C16H15NS2/c18-12-17(13-19)16-10-8-15(9-11-16)7-6-14-4-2-1-3-5-14/h1-5,8-11,18-19H,12-13H2. The van der Waals surface area contributed by atoms with E-state index in [-0.39, 0.29) is 0 Å². The summed E-state index contributed by atoms with van der Waals surface area (Å²) >= 11 is 8.54. The molecule has 0 heterocycles. The first-order chi connectivity index (χ1) is 9.33. The molecule has 19 heavy (non-hydrogen) atoms. The maximum atomic E-state index is 4.27. The predicted octanol–water partition coefficient (Wildman–Crippen LogP) is 3.67. The fourth-order valence-corrected chi connectivity index (χ4v) is 2.31. The first kappa shape index (κ1) is 13.9. The SMILES string of the molecule is SCN(CS)c1ccc(C#Cc2ccccc2)cc1. The van der Waals surface area contributed by atoms with E-state index in [0.717, 1.165) is 16.8 Å². The van der Waals surface area contributed by atoms with Gasteiger partial charge in [0.1, 0.15) is 0 Å². The van der Waals surface area contributed by atoms with Crippen LogP contribution in [-0.4, -0.2) is 11.8 Å². The number of nitrogens with zero attached hydrogens (tertiary/aromatic N) is 1. The van der Waals surface area contributed by atoms with Crippen LogP contribution in [0.15, 0.2) is 54.6 Å².